The van der Waals surface area contributed by atoms with Crippen molar-refractivity contribution in [3.8, 4) is 62.8 Å². The third-order valence-corrected chi connectivity index (χ3v) is 8.62. The summed E-state index contributed by atoms with van der Waals surface area (Å²) in [5, 5.41) is 11.0. The van der Waals surface area contributed by atoms with E-state index < -0.39 is 6.17 Å². The number of anilines is 1. The fourth-order valence-electron chi connectivity index (χ4n) is 5.66. The third kappa shape index (κ3) is 7.66. The lowest BCUT2D eigenvalue weighted by Crippen LogP contribution is -2.38. The summed E-state index contributed by atoms with van der Waals surface area (Å²) in [5.41, 5.74) is 4.85. The molecule has 2 N–H and O–H groups in total. The van der Waals surface area contributed by atoms with E-state index in [1.165, 1.54) is 0 Å². The molecular weight excluding hydrogens is 690 g/mol. The molecule has 13 heteroatoms. The highest BCUT2D eigenvalue weighted by molar-refractivity contribution is 6.31. The standard InChI is InChI=1S/C39H38ClN3O9/c1-22(21-51-31-12-8-24(16-33(31)46-3)38-41-28-10-9-26(40)19-27(28)39(44)42-38)13-14-50-34-15-23(7-11-30(34)45-2)32-20-29(43-52-32)25-17-35(47-4)37(49-6)36(18-25)48-5/h7-12,15-20,38,41H,1,13-14,21H2,2-6H3,(H,42,44). The van der Waals surface area contributed by atoms with Crippen LogP contribution in [-0.4, -0.2) is 59.8 Å². The highest BCUT2D eigenvalue weighted by Gasteiger charge is 2.26. The molecule has 270 valence electrons. The van der Waals surface area contributed by atoms with Gasteiger partial charge in [-0.2, -0.15) is 0 Å². The maximum Gasteiger partial charge on any atom is 0.255 e. The zero-order valence-electron chi connectivity index (χ0n) is 29.3. The molecule has 0 spiro atoms. The van der Waals surface area contributed by atoms with Crippen LogP contribution in [0.5, 0.6) is 40.2 Å². The number of amides is 1. The molecule has 0 aliphatic carbocycles. The third-order valence-electron chi connectivity index (χ3n) is 8.39. The van der Waals surface area contributed by atoms with Crippen LogP contribution in [0.1, 0.15) is 28.5 Å². The second-order valence-electron chi connectivity index (χ2n) is 11.6. The molecule has 0 fully saturated rings. The van der Waals surface area contributed by atoms with Gasteiger partial charge in [0.2, 0.25) is 5.75 Å². The molecule has 0 radical (unpaired) electrons. The number of nitrogens with zero attached hydrogens (tertiary/aromatic N) is 1. The topological polar surface area (TPSA) is 132 Å². The van der Waals surface area contributed by atoms with E-state index in [4.69, 9.17) is 49.3 Å². The van der Waals surface area contributed by atoms with Gasteiger partial charge in [0, 0.05) is 34.3 Å². The van der Waals surface area contributed by atoms with Crippen LogP contribution in [0.15, 0.2) is 89.5 Å². The molecule has 4 aromatic carbocycles. The first-order chi connectivity index (χ1) is 25.2. The number of hydrogen-bond acceptors (Lipinski definition) is 11. The summed E-state index contributed by atoms with van der Waals surface area (Å²) in [6.45, 7) is 4.73. The molecule has 1 atom stereocenters. The summed E-state index contributed by atoms with van der Waals surface area (Å²) in [6, 6.07) is 21.6. The van der Waals surface area contributed by atoms with E-state index in [-0.39, 0.29) is 12.5 Å². The highest BCUT2D eigenvalue weighted by atomic mass is 35.5. The smallest absolute Gasteiger partial charge is 0.255 e. The largest absolute Gasteiger partial charge is 0.493 e. The SMILES string of the molecule is C=C(CCOc1cc(-c2cc(-c3cc(OC)c(OC)c(OC)c3)no2)ccc1OC)COc1ccc(C2NC(=O)c3cc(Cl)ccc3N2)cc1OC. The molecule has 1 unspecified atom stereocenters. The van der Waals surface area contributed by atoms with E-state index in [2.05, 4.69) is 22.4 Å². The Bertz CT molecular complexity index is 2070. The zero-order valence-corrected chi connectivity index (χ0v) is 30.1. The molecule has 1 aliphatic rings. The minimum Gasteiger partial charge on any atom is -0.493 e. The van der Waals surface area contributed by atoms with Crippen molar-refractivity contribution in [2.75, 3.05) is 54.1 Å². The van der Waals surface area contributed by atoms with Crippen LogP contribution in [0.3, 0.4) is 0 Å². The minimum atomic E-state index is -0.459. The fraction of sp³-hybridized carbons (Fsp3) is 0.231. The van der Waals surface area contributed by atoms with Gasteiger partial charge in [0.05, 0.1) is 47.7 Å². The van der Waals surface area contributed by atoms with Gasteiger partial charge in [-0.25, -0.2) is 0 Å². The molecule has 5 aromatic rings. The quantitative estimate of drug-likeness (QED) is 0.102. The number of ether oxygens (including phenoxy) is 7. The van der Waals surface area contributed by atoms with Crippen molar-refractivity contribution < 1.29 is 42.5 Å². The number of halogens is 1. The predicted octanol–water partition coefficient (Wildman–Crippen LogP) is 7.96. The lowest BCUT2D eigenvalue weighted by molar-refractivity contribution is 0.0935. The second kappa shape index (κ2) is 15.9. The Balaban J connectivity index is 1.06. The lowest BCUT2D eigenvalue weighted by atomic mass is 10.1. The molecule has 2 heterocycles. The number of fused-ring (bicyclic) bond motifs is 1. The molecule has 0 bridgehead atoms. The monoisotopic (exact) mass is 727 g/mol. The summed E-state index contributed by atoms with van der Waals surface area (Å²) < 4.78 is 45.5. The van der Waals surface area contributed by atoms with Crippen LogP contribution in [0, 0.1) is 0 Å². The van der Waals surface area contributed by atoms with Crippen molar-refractivity contribution in [1.82, 2.24) is 10.5 Å². The highest BCUT2D eigenvalue weighted by Crippen LogP contribution is 2.42. The number of methoxy groups -OCH3 is 5. The number of hydrogen-bond donors (Lipinski definition) is 2. The van der Waals surface area contributed by atoms with E-state index in [0.29, 0.717) is 81.0 Å². The van der Waals surface area contributed by atoms with Crippen molar-refractivity contribution in [2.45, 2.75) is 12.6 Å². The molecule has 12 nitrogen and oxygen atoms in total. The van der Waals surface area contributed by atoms with Crippen molar-refractivity contribution in [3.63, 3.8) is 0 Å². The van der Waals surface area contributed by atoms with E-state index in [0.717, 1.165) is 22.3 Å². The normalized spacial score (nSPS) is 13.3. The molecular formula is C39H38ClN3O9. The Hall–Kier alpha value is -6.01. The molecule has 52 heavy (non-hydrogen) atoms. The van der Waals surface area contributed by atoms with Gasteiger partial charge in [-0.1, -0.05) is 29.4 Å². The number of nitrogens with one attached hydrogen (secondary N) is 2. The number of aromatic nitrogens is 1. The minimum absolute atomic E-state index is 0.219. The first-order valence-corrected chi connectivity index (χ1v) is 16.6. The molecule has 6 rings (SSSR count). The van der Waals surface area contributed by atoms with Crippen LogP contribution in [-0.2, 0) is 0 Å². The van der Waals surface area contributed by atoms with Crippen LogP contribution in [0.4, 0.5) is 5.69 Å². The Morgan fingerprint density at radius 3 is 2.17 bits per heavy atom. The Morgan fingerprint density at radius 2 is 1.46 bits per heavy atom. The van der Waals surface area contributed by atoms with Crippen molar-refractivity contribution in [1.29, 1.82) is 0 Å². The first-order valence-electron chi connectivity index (χ1n) is 16.2. The van der Waals surface area contributed by atoms with Crippen LogP contribution < -0.4 is 43.8 Å². The van der Waals surface area contributed by atoms with Gasteiger partial charge in [-0.3, -0.25) is 4.79 Å². The Labute approximate surface area is 306 Å². The van der Waals surface area contributed by atoms with Gasteiger partial charge in [0.1, 0.15) is 18.5 Å². The maximum absolute atomic E-state index is 12.7. The molecule has 1 aromatic heterocycles. The Kier molecular flexibility index (Phi) is 10.9. The fourth-order valence-corrected chi connectivity index (χ4v) is 5.83. The molecule has 1 amide bonds. The molecule has 1 aliphatic heterocycles. The van der Waals surface area contributed by atoms with Gasteiger partial charge in [0.15, 0.2) is 40.3 Å². The Morgan fingerprint density at radius 1 is 0.750 bits per heavy atom. The van der Waals surface area contributed by atoms with Crippen molar-refractivity contribution >= 4 is 23.2 Å². The maximum atomic E-state index is 12.7. The van der Waals surface area contributed by atoms with Crippen LogP contribution in [0.2, 0.25) is 5.02 Å². The van der Waals surface area contributed by atoms with Crippen molar-refractivity contribution in [3.05, 3.63) is 101 Å². The average Bonchev–Trinajstić information content (AvgIpc) is 3.67. The van der Waals surface area contributed by atoms with Crippen molar-refractivity contribution in [2.24, 2.45) is 0 Å². The van der Waals surface area contributed by atoms with Crippen LogP contribution in [0.25, 0.3) is 22.6 Å². The first kappa shape index (κ1) is 35.8. The zero-order chi connectivity index (χ0) is 36.8. The molecule has 0 saturated heterocycles. The van der Waals surface area contributed by atoms with E-state index >= 15 is 0 Å². The van der Waals surface area contributed by atoms with E-state index in [9.17, 15) is 4.79 Å². The van der Waals surface area contributed by atoms with E-state index in [1.54, 1.807) is 71.9 Å². The molecule has 0 saturated carbocycles. The van der Waals surface area contributed by atoms with Gasteiger partial charge in [-0.05, 0) is 71.8 Å². The van der Waals surface area contributed by atoms with E-state index in [1.807, 2.05) is 36.4 Å². The number of carbonyl (C=O) groups is 1. The summed E-state index contributed by atoms with van der Waals surface area (Å²) in [4.78, 5) is 12.7. The van der Waals surface area contributed by atoms with Gasteiger partial charge < -0.3 is 48.3 Å². The summed E-state index contributed by atoms with van der Waals surface area (Å²) in [5.74, 6) is 3.97. The summed E-state index contributed by atoms with van der Waals surface area (Å²) >= 11 is 6.07. The van der Waals surface area contributed by atoms with Gasteiger partial charge in [-0.15, -0.1) is 0 Å². The van der Waals surface area contributed by atoms with Gasteiger partial charge in [0.25, 0.3) is 5.91 Å². The predicted molar refractivity (Wildman–Crippen MR) is 197 cm³/mol. The summed E-state index contributed by atoms with van der Waals surface area (Å²) in [7, 11) is 7.81. The van der Waals surface area contributed by atoms with Crippen LogP contribution >= 0.6 is 11.6 Å². The lowest BCUT2D eigenvalue weighted by Gasteiger charge is -2.28. The number of rotatable bonds is 15. The van der Waals surface area contributed by atoms with Gasteiger partial charge >= 0.3 is 0 Å². The number of carbonyl (C=O) groups excluding carboxylic acids is 1. The average molecular weight is 728 g/mol. The summed E-state index contributed by atoms with van der Waals surface area (Å²) in [6.07, 6.45) is 0.0579. The second-order valence-corrected chi connectivity index (χ2v) is 12.1. The number of benzene rings is 4.